The largest absolute Gasteiger partial charge is 0.396 e. The first-order chi connectivity index (χ1) is 10.0. The van der Waals surface area contributed by atoms with E-state index in [0.717, 1.165) is 26.6 Å². The van der Waals surface area contributed by atoms with E-state index in [0.29, 0.717) is 11.4 Å². The van der Waals surface area contributed by atoms with Crippen molar-refractivity contribution in [2.24, 2.45) is 0 Å². The fraction of sp³-hybridized carbons (Fsp3) is 0.0625. The second-order valence-corrected chi connectivity index (χ2v) is 5.75. The Balaban J connectivity index is 2.17. The van der Waals surface area contributed by atoms with Crippen molar-refractivity contribution < 1.29 is 4.39 Å². The Morgan fingerprint density at radius 2 is 2.00 bits per heavy atom. The van der Waals surface area contributed by atoms with Gasteiger partial charge in [0.15, 0.2) is 0 Å². The van der Waals surface area contributed by atoms with Crippen LogP contribution in [0.25, 0.3) is 10.9 Å². The molecule has 0 unspecified atom stereocenters. The van der Waals surface area contributed by atoms with Crippen molar-refractivity contribution in [3.63, 3.8) is 0 Å². The summed E-state index contributed by atoms with van der Waals surface area (Å²) in [6, 6.07) is 10.4. The molecule has 2 aromatic carbocycles. The molecule has 0 saturated heterocycles. The van der Waals surface area contributed by atoms with Gasteiger partial charge >= 0.3 is 0 Å². The minimum absolute atomic E-state index is 0.291. The number of nitrogen functional groups attached to an aromatic ring is 1. The van der Waals surface area contributed by atoms with Crippen LogP contribution in [0.1, 0.15) is 5.56 Å². The van der Waals surface area contributed by atoms with Crippen molar-refractivity contribution in [2.75, 3.05) is 11.1 Å². The second-order valence-electron chi connectivity index (χ2n) is 4.83. The number of aryl methyl sites for hydroxylation is 1. The van der Waals surface area contributed by atoms with E-state index in [1.807, 2.05) is 25.1 Å². The number of halogens is 2. The second kappa shape index (κ2) is 5.33. The van der Waals surface area contributed by atoms with Gasteiger partial charge in [-0.2, -0.15) is 0 Å². The summed E-state index contributed by atoms with van der Waals surface area (Å²) in [6.07, 6.45) is 1.60. The Morgan fingerprint density at radius 1 is 1.19 bits per heavy atom. The molecule has 5 heteroatoms. The lowest BCUT2D eigenvalue weighted by Crippen LogP contribution is -2.00. The monoisotopic (exact) mass is 345 g/mol. The summed E-state index contributed by atoms with van der Waals surface area (Å²) < 4.78 is 14.4. The number of anilines is 3. The van der Waals surface area contributed by atoms with Crippen LogP contribution in [-0.2, 0) is 0 Å². The maximum Gasteiger partial charge on any atom is 0.125 e. The summed E-state index contributed by atoms with van der Waals surface area (Å²) in [7, 11) is 0. The molecule has 0 radical (unpaired) electrons. The van der Waals surface area contributed by atoms with Crippen LogP contribution in [0.4, 0.5) is 21.5 Å². The van der Waals surface area contributed by atoms with Gasteiger partial charge in [0.1, 0.15) is 5.82 Å². The van der Waals surface area contributed by atoms with Gasteiger partial charge in [-0.3, -0.25) is 4.98 Å². The average Bonchev–Trinajstić information content (AvgIpc) is 2.46. The van der Waals surface area contributed by atoms with Gasteiger partial charge < -0.3 is 11.1 Å². The van der Waals surface area contributed by atoms with Crippen molar-refractivity contribution in [1.29, 1.82) is 0 Å². The number of hydrogen-bond donors (Lipinski definition) is 2. The highest BCUT2D eigenvalue weighted by molar-refractivity contribution is 9.10. The van der Waals surface area contributed by atoms with E-state index in [-0.39, 0.29) is 5.82 Å². The van der Waals surface area contributed by atoms with E-state index in [2.05, 4.69) is 26.2 Å². The van der Waals surface area contributed by atoms with Crippen LogP contribution in [-0.4, -0.2) is 4.98 Å². The number of hydrogen-bond acceptors (Lipinski definition) is 3. The molecule has 0 saturated carbocycles. The Kier molecular flexibility index (Phi) is 3.51. The van der Waals surface area contributed by atoms with Gasteiger partial charge in [-0.15, -0.1) is 0 Å². The summed E-state index contributed by atoms with van der Waals surface area (Å²) in [4.78, 5) is 4.30. The quantitative estimate of drug-likeness (QED) is 0.703. The molecule has 0 bridgehead atoms. The van der Waals surface area contributed by atoms with Gasteiger partial charge in [-0.25, -0.2) is 4.39 Å². The number of rotatable bonds is 2. The normalized spacial score (nSPS) is 10.8. The van der Waals surface area contributed by atoms with Crippen molar-refractivity contribution in [1.82, 2.24) is 4.98 Å². The Labute approximate surface area is 130 Å². The van der Waals surface area contributed by atoms with Crippen LogP contribution in [0.3, 0.4) is 0 Å². The molecule has 0 aliphatic rings. The highest BCUT2D eigenvalue weighted by atomic mass is 79.9. The molecule has 0 aliphatic heterocycles. The first-order valence-electron chi connectivity index (χ1n) is 6.41. The third kappa shape index (κ3) is 2.69. The van der Waals surface area contributed by atoms with Gasteiger partial charge in [0.25, 0.3) is 0 Å². The van der Waals surface area contributed by atoms with Crippen LogP contribution >= 0.6 is 15.9 Å². The van der Waals surface area contributed by atoms with E-state index < -0.39 is 0 Å². The standard InChI is InChI=1S/C16H13BrFN3/c1-9-2-4-11(18)7-15(9)21-16-12-6-10(17)3-5-14(12)20-8-13(16)19/h2-8H,19H2,1H3,(H,20,21). The predicted molar refractivity (Wildman–Crippen MR) is 88.3 cm³/mol. The van der Waals surface area contributed by atoms with Gasteiger partial charge in [-0.05, 0) is 42.8 Å². The Hall–Kier alpha value is -2.14. The van der Waals surface area contributed by atoms with Gasteiger partial charge in [0.05, 0.1) is 23.1 Å². The summed E-state index contributed by atoms with van der Waals surface area (Å²) in [5, 5.41) is 4.11. The zero-order valence-electron chi connectivity index (χ0n) is 11.3. The van der Waals surface area contributed by atoms with Crippen molar-refractivity contribution in [3.8, 4) is 0 Å². The Bertz CT molecular complexity index is 828. The molecule has 1 aromatic heterocycles. The summed E-state index contributed by atoms with van der Waals surface area (Å²) in [5.74, 6) is -0.291. The molecule has 0 spiro atoms. The molecule has 0 atom stereocenters. The zero-order valence-corrected chi connectivity index (χ0v) is 12.9. The van der Waals surface area contributed by atoms with Crippen molar-refractivity contribution >= 4 is 43.9 Å². The zero-order chi connectivity index (χ0) is 15.0. The molecule has 0 aliphatic carbocycles. The average molecular weight is 346 g/mol. The smallest absolute Gasteiger partial charge is 0.125 e. The summed E-state index contributed by atoms with van der Waals surface area (Å²) in [5.41, 5.74) is 9.74. The highest BCUT2D eigenvalue weighted by Gasteiger charge is 2.09. The molecule has 0 fully saturated rings. The lowest BCUT2D eigenvalue weighted by Gasteiger charge is -2.14. The third-order valence-corrected chi connectivity index (χ3v) is 3.81. The van der Waals surface area contributed by atoms with Gasteiger partial charge in [-0.1, -0.05) is 22.0 Å². The number of nitrogens with two attached hydrogens (primary N) is 1. The molecule has 3 aromatic rings. The van der Waals surface area contributed by atoms with E-state index >= 15 is 0 Å². The SMILES string of the molecule is Cc1ccc(F)cc1Nc1c(N)cnc2ccc(Br)cc12. The minimum atomic E-state index is -0.291. The van der Waals surface area contributed by atoms with E-state index in [4.69, 9.17) is 5.73 Å². The number of pyridine rings is 1. The van der Waals surface area contributed by atoms with Crippen molar-refractivity contribution in [3.05, 3.63) is 58.4 Å². The molecule has 3 rings (SSSR count). The van der Waals surface area contributed by atoms with Crippen LogP contribution in [0, 0.1) is 12.7 Å². The molecular formula is C16H13BrFN3. The van der Waals surface area contributed by atoms with E-state index in [1.54, 1.807) is 12.3 Å². The molecule has 3 N–H and O–H groups in total. The van der Waals surface area contributed by atoms with E-state index in [9.17, 15) is 4.39 Å². The van der Waals surface area contributed by atoms with Gasteiger partial charge in [0.2, 0.25) is 0 Å². The topological polar surface area (TPSA) is 50.9 Å². The van der Waals surface area contributed by atoms with Crippen LogP contribution in [0.15, 0.2) is 47.1 Å². The molecule has 106 valence electrons. The number of nitrogens with zero attached hydrogens (tertiary/aromatic N) is 1. The van der Waals surface area contributed by atoms with Gasteiger partial charge in [0, 0.05) is 15.5 Å². The van der Waals surface area contributed by atoms with Crippen LogP contribution < -0.4 is 11.1 Å². The Morgan fingerprint density at radius 3 is 2.81 bits per heavy atom. The number of nitrogens with one attached hydrogen (secondary N) is 1. The molecule has 1 heterocycles. The van der Waals surface area contributed by atoms with Crippen LogP contribution in [0.2, 0.25) is 0 Å². The van der Waals surface area contributed by atoms with Crippen LogP contribution in [0.5, 0.6) is 0 Å². The number of fused-ring (bicyclic) bond motifs is 1. The predicted octanol–water partition coefficient (Wildman–Crippen LogP) is 4.77. The third-order valence-electron chi connectivity index (χ3n) is 3.32. The summed E-state index contributed by atoms with van der Waals surface area (Å²) in [6.45, 7) is 1.91. The van der Waals surface area contributed by atoms with E-state index in [1.165, 1.54) is 12.1 Å². The molecule has 0 amide bonds. The lowest BCUT2D eigenvalue weighted by atomic mass is 10.1. The molecule has 21 heavy (non-hydrogen) atoms. The first-order valence-corrected chi connectivity index (χ1v) is 7.21. The minimum Gasteiger partial charge on any atom is -0.396 e. The maximum atomic E-state index is 13.4. The molecular weight excluding hydrogens is 333 g/mol. The maximum absolute atomic E-state index is 13.4. The van der Waals surface area contributed by atoms with Crippen molar-refractivity contribution in [2.45, 2.75) is 6.92 Å². The molecule has 3 nitrogen and oxygen atoms in total. The fourth-order valence-corrected chi connectivity index (χ4v) is 2.54. The number of benzene rings is 2. The highest BCUT2D eigenvalue weighted by Crippen LogP contribution is 2.33. The number of aromatic nitrogens is 1. The summed E-state index contributed by atoms with van der Waals surface area (Å²) >= 11 is 3.45. The fourth-order valence-electron chi connectivity index (χ4n) is 2.18. The first kappa shape index (κ1) is 13.8. The lowest BCUT2D eigenvalue weighted by molar-refractivity contribution is 0.628.